The molecule has 1 heterocycles. The van der Waals surface area contributed by atoms with E-state index >= 15 is 0 Å². The van der Waals surface area contributed by atoms with Crippen LogP contribution >= 0.6 is 0 Å². The minimum Gasteiger partial charge on any atom is -0.406 e. The van der Waals surface area contributed by atoms with Crippen LogP contribution in [-0.2, 0) is 0 Å². The van der Waals surface area contributed by atoms with E-state index in [2.05, 4.69) is 9.64 Å². The third-order valence-electron chi connectivity index (χ3n) is 4.87. The van der Waals surface area contributed by atoms with Crippen molar-refractivity contribution in [2.75, 3.05) is 13.1 Å². The standard InChI is InChI=1S/C17H22F3NO/c18-17(19,20)22-16-8-4-6-14(12-16)13-5-3-7-15(11-13)21-9-1-2-10-21/h4,6,8,12-13,15H,1-3,5,7,9-11H2. The van der Waals surface area contributed by atoms with Gasteiger partial charge in [0.05, 0.1) is 0 Å². The Hall–Kier alpha value is -1.23. The second-order valence-electron chi connectivity index (χ2n) is 6.38. The number of alkyl halides is 3. The van der Waals surface area contributed by atoms with Crippen LogP contribution in [0, 0.1) is 0 Å². The van der Waals surface area contributed by atoms with E-state index in [1.165, 1.54) is 38.4 Å². The molecule has 0 amide bonds. The van der Waals surface area contributed by atoms with Crippen LogP contribution in [0.2, 0.25) is 0 Å². The van der Waals surface area contributed by atoms with Gasteiger partial charge in [0.2, 0.25) is 0 Å². The molecule has 0 aromatic heterocycles. The fourth-order valence-electron chi connectivity index (χ4n) is 3.87. The summed E-state index contributed by atoms with van der Waals surface area (Å²) in [4.78, 5) is 2.56. The van der Waals surface area contributed by atoms with Crippen LogP contribution in [0.4, 0.5) is 13.2 Å². The first-order valence-electron chi connectivity index (χ1n) is 8.11. The van der Waals surface area contributed by atoms with Crippen molar-refractivity contribution >= 4 is 0 Å². The molecule has 0 radical (unpaired) electrons. The molecule has 3 rings (SSSR count). The van der Waals surface area contributed by atoms with Crippen molar-refractivity contribution < 1.29 is 17.9 Å². The Kier molecular flexibility index (Phi) is 4.62. The van der Waals surface area contributed by atoms with Crippen LogP contribution in [0.3, 0.4) is 0 Å². The summed E-state index contributed by atoms with van der Waals surface area (Å²) in [5.41, 5.74) is 0.977. The monoisotopic (exact) mass is 313 g/mol. The van der Waals surface area contributed by atoms with E-state index in [4.69, 9.17) is 0 Å². The molecule has 1 saturated heterocycles. The van der Waals surface area contributed by atoms with Gasteiger partial charge in [-0.3, -0.25) is 0 Å². The van der Waals surface area contributed by atoms with E-state index < -0.39 is 6.36 Å². The number of hydrogen-bond donors (Lipinski definition) is 0. The molecule has 2 nitrogen and oxygen atoms in total. The van der Waals surface area contributed by atoms with Crippen LogP contribution in [0.1, 0.15) is 50.0 Å². The van der Waals surface area contributed by atoms with E-state index in [0.29, 0.717) is 12.0 Å². The fourth-order valence-corrected chi connectivity index (χ4v) is 3.87. The zero-order chi connectivity index (χ0) is 15.6. The Morgan fingerprint density at radius 3 is 2.55 bits per heavy atom. The first-order chi connectivity index (χ1) is 10.5. The summed E-state index contributed by atoms with van der Waals surface area (Å²) in [6.45, 7) is 2.35. The maximum atomic E-state index is 12.4. The lowest BCUT2D eigenvalue weighted by Crippen LogP contribution is -2.36. The summed E-state index contributed by atoms with van der Waals surface area (Å²) in [6.07, 6.45) is 2.40. The highest BCUT2D eigenvalue weighted by Gasteiger charge is 2.32. The fraction of sp³-hybridized carbons (Fsp3) is 0.647. The molecule has 2 unspecified atom stereocenters. The highest BCUT2D eigenvalue weighted by Crippen LogP contribution is 2.37. The van der Waals surface area contributed by atoms with Gasteiger partial charge in [-0.1, -0.05) is 18.6 Å². The molecule has 2 aliphatic rings. The number of rotatable bonds is 3. The van der Waals surface area contributed by atoms with Crippen LogP contribution in [-0.4, -0.2) is 30.4 Å². The van der Waals surface area contributed by atoms with Gasteiger partial charge in [0, 0.05) is 6.04 Å². The van der Waals surface area contributed by atoms with Gasteiger partial charge in [0.25, 0.3) is 0 Å². The van der Waals surface area contributed by atoms with Gasteiger partial charge < -0.3 is 9.64 Å². The number of hydrogen-bond acceptors (Lipinski definition) is 2. The highest BCUT2D eigenvalue weighted by atomic mass is 19.4. The molecule has 5 heteroatoms. The number of benzene rings is 1. The molecule has 2 fully saturated rings. The molecule has 0 spiro atoms. The van der Waals surface area contributed by atoms with Crippen LogP contribution < -0.4 is 4.74 Å². The van der Waals surface area contributed by atoms with E-state index in [1.807, 2.05) is 6.07 Å². The van der Waals surface area contributed by atoms with Gasteiger partial charge in [-0.2, -0.15) is 0 Å². The van der Waals surface area contributed by atoms with Gasteiger partial charge in [-0.15, -0.1) is 13.2 Å². The van der Waals surface area contributed by atoms with Crippen molar-refractivity contribution in [1.29, 1.82) is 0 Å². The van der Waals surface area contributed by atoms with Gasteiger partial charge >= 0.3 is 6.36 Å². The SMILES string of the molecule is FC(F)(F)Oc1cccc(C2CCCC(N3CCCC3)C2)c1. The summed E-state index contributed by atoms with van der Waals surface area (Å²) in [7, 11) is 0. The van der Waals surface area contributed by atoms with Crippen LogP contribution in [0.25, 0.3) is 0 Å². The molecule has 1 aliphatic heterocycles. The Balaban J connectivity index is 1.68. The van der Waals surface area contributed by atoms with Crippen molar-refractivity contribution in [3.05, 3.63) is 29.8 Å². The topological polar surface area (TPSA) is 12.5 Å². The second-order valence-corrected chi connectivity index (χ2v) is 6.38. The average molecular weight is 313 g/mol. The van der Waals surface area contributed by atoms with Crippen molar-refractivity contribution in [3.63, 3.8) is 0 Å². The molecule has 0 N–H and O–H groups in total. The molecular formula is C17H22F3NO. The summed E-state index contributed by atoms with van der Waals surface area (Å²) in [6, 6.07) is 7.12. The zero-order valence-corrected chi connectivity index (χ0v) is 12.6. The molecule has 1 aromatic rings. The normalized spacial score (nSPS) is 27.0. The Morgan fingerprint density at radius 1 is 1.05 bits per heavy atom. The van der Waals surface area contributed by atoms with Crippen molar-refractivity contribution in [1.82, 2.24) is 4.90 Å². The van der Waals surface area contributed by atoms with Gasteiger partial charge in [-0.25, -0.2) is 0 Å². The lowest BCUT2D eigenvalue weighted by Gasteiger charge is -2.35. The van der Waals surface area contributed by atoms with Crippen molar-refractivity contribution in [2.45, 2.75) is 56.8 Å². The number of halogens is 3. The third-order valence-corrected chi connectivity index (χ3v) is 4.87. The Labute approximate surface area is 129 Å². The summed E-state index contributed by atoms with van der Waals surface area (Å²) < 4.78 is 41.1. The molecule has 1 saturated carbocycles. The number of nitrogens with zero attached hydrogens (tertiary/aromatic N) is 1. The quantitative estimate of drug-likeness (QED) is 0.801. The predicted molar refractivity (Wildman–Crippen MR) is 78.9 cm³/mol. The summed E-state index contributed by atoms with van der Waals surface area (Å²) in [5, 5.41) is 0. The molecule has 2 atom stereocenters. The molecule has 122 valence electrons. The molecule has 1 aromatic carbocycles. The molecule has 0 bridgehead atoms. The zero-order valence-electron chi connectivity index (χ0n) is 12.6. The molecule has 1 aliphatic carbocycles. The van der Waals surface area contributed by atoms with Gasteiger partial charge in [0.15, 0.2) is 0 Å². The Bertz CT molecular complexity index is 497. The van der Waals surface area contributed by atoms with E-state index in [0.717, 1.165) is 24.8 Å². The van der Waals surface area contributed by atoms with Crippen LogP contribution in [0.5, 0.6) is 5.75 Å². The molecule has 22 heavy (non-hydrogen) atoms. The Morgan fingerprint density at radius 2 is 1.82 bits per heavy atom. The minimum atomic E-state index is -4.62. The average Bonchev–Trinajstić information content (AvgIpc) is 3.00. The van der Waals surface area contributed by atoms with E-state index in [9.17, 15) is 13.2 Å². The second kappa shape index (κ2) is 6.49. The third kappa shape index (κ3) is 3.94. The van der Waals surface area contributed by atoms with Crippen LogP contribution in [0.15, 0.2) is 24.3 Å². The lowest BCUT2D eigenvalue weighted by molar-refractivity contribution is -0.274. The van der Waals surface area contributed by atoms with E-state index in [1.54, 1.807) is 12.1 Å². The van der Waals surface area contributed by atoms with Gasteiger partial charge in [0.1, 0.15) is 5.75 Å². The first-order valence-corrected chi connectivity index (χ1v) is 8.11. The maximum Gasteiger partial charge on any atom is 0.573 e. The maximum absolute atomic E-state index is 12.4. The van der Waals surface area contributed by atoms with Gasteiger partial charge in [-0.05, 0) is 68.8 Å². The summed E-state index contributed by atoms with van der Waals surface area (Å²) >= 11 is 0. The minimum absolute atomic E-state index is 0.103. The summed E-state index contributed by atoms with van der Waals surface area (Å²) in [5.74, 6) is 0.240. The smallest absolute Gasteiger partial charge is 0.406 e. The highest BCUT2D eigenvalue weighted by molar-refractivity contribution is 5.31. The molecular weight excluding hydrogens is 291 g/mol. The largest absolute Gasteiger partial charge is 0.573 e. The predicted octanol–water partition coefficient (Wildman–Crippen LogP) is 4.71. The number of ether oxygens (including phenoxy) is 1. The van der Waals surface area contributed by atoms with Crippen molar-refractivity contribution in [2.24, 2.45) is 0 Å². The van der Waals surface area contributed by atoms with Crippen molar-refractivity contribution in [3.8, 4) is 5.75 Å². The lowest BCUT2D eigenvalue weighted by atomic mass is 9.81. The number of likely N-dealkylation sites (tertiary alicyclic amines) is 1. The first kappa shape index (κ1) is 15.7. The van der Waals surface area contributed by atoms with E-state index in [-0.39, 0.29) is 5.75 Å².